The number of rotatable bonds is 5. The van der Waals surface area contributed by atoms with Crippen LogP contribution in [0, 0.1) is 0 Å². The zero-order valence-corrected chi connectivity index (χ0v) is 9.34. The zero-order chi connectivity index (χ0) is 11.3. The predicted molar refractivity (Wildman–Crippen MR) is 62.0 cm³/mol. The van der Waals surface area contributed by atoms with Crippen molar-refractivity contribution in [2.24, 2.45) is 5.14 Å². The topological polar surface area (TPSA) is 84.2 Å². The van der Waals surface area contributed by atoms with E-state index in [0.717, 1.165) is 18.7 Å². The third-order valence-electron chi connectivity index (χ3n) is 1.70. The average Bonchev–Trinajstić information content (AvgIpc) is 2.12. The van der Waals surface area contributed by atoms with Crippen LogP contribution in [0.15, 0.2) is 24.3 Å². The molecule has 0 aromatic heterocycles. The van der Waals surface area contributed by atoms with Crippen molar-refractivity contribution in [2.75, 3.05) is 16.6 Å². The molecule has 6 heteroatoms. The van der Waals surface area contributed by atoms with Crippen LogP contribution in [-0.4, -0.2) is 15.0 Å². The fourth-order valence-corrected chi connectivity index (χ4v) is 1.58. The van der Waals surface area contributed by atoms with Crippen LogP contribution in [0.5, 0.6) is 0 Å². The van der Waals surface area contributed by atoms with Crippen molar-refractivity contribution in [3.8, 4) is 0 Å². The van der Waals surface area contributed by atoms with Crippen LogP contribution in [0.1, 0.15) is 13.3 Å². The highest BCUT2D eigenvalue weighted by Gasteiger charge is 2.02. The molecule has 0 fully saturated rings. The van der Waals surface area contributed by atoms with Crippen molar-refractivity contribution >= 4 is 21.6 Å². The van der Waals surface area contributed by atoms with Gasteiger partial charge < -0.3 is 5.32 Å². The maximum Gasteiger partial charge on any atom is 0.296 e. The van der Waals surface area contributed by atoms with E-state index in [4.69, 9.17) is 5.14 Å². The SMILES string of the molecule is CCCNc1cccc(NS(N)(=O)=O)c1. The summed E-state index contributed by atoms with van der Waals surface area (Å²) in [5, 5.41) is 8.00. The molecule has 0 unspecified atom stereocenters. The molecule has 0 aliphatic heterocycles. The standard InChI is InChI=1S/C9H15N3O2S/c1-2-6-11-8-4-3-5-9(7-8)12-15(10,13)14/h3-5,7,11-12H,2,6H2,1H3,(H2,10,13,14). The number of benzene rings is 1. The van der Waals surface area contributed by atoms with Gasteiger partial charge in [0, 0.05) is 12.2 Å². The van der Waals surface area contributed by atoms with E-state index in [1.54, 1.807) is 18.2 Å². The smallest absolute Gasteiger partial charge is 0.296 e. The van der Waals surface area contributed by atoms with E-state index in [2.05, 4.69) is 17.0 Å². The van der Waals surface area contributed by atoms with Crippen LogP contribution in [-0.2, 0) is 10.2 Å². The third-order valence-corrected chi connectivity index (χ3v) is 2.22. The summed E-state index contributed by atoms with van der Waals surface area (Å²) in [6, 6.07) is 6.96. The van der Waals surface area contributed by atoms with Crippen molar-refractivity contribution in [3.05, 3.63) is 24.3 Å². The summed E-state index contributed by atoms with van der Waals surface area (Å²) < 4.78 is 23.8. The minimum absolute atomic E-state index is 0.457. The van der Waals surface area contributed by atoms with E-state index in [1.165, 1.54) is 0 Å². The highest BCUT2D eigenvalue weighted by Crippen LogP contribution is 2.15. The van der Waals surface area contributed by atoms with Gasteiger partial charge in [-0.15, -0.1) is 0 Å². The lowest BCUT2D eigenvalue weighted by Crippen LogP contribution is -2.21. The maximum absolute atomic E-state index is 10.8. The number of anilines is 2. The summed E-state index contributed by atoms with van der Waals surface area (Å²) in [4.78, 5) is 0. The Hall–Kier alpha value is -1.27. The Morgan fingerprint density at radius 1 is 1.33 bits per heavy atom. The van der Waals surface area contributed by atoms with E-state index in [-0.39, 0.29) is 0 Å². The van der Waals surface area contributed by atoms with Gasteiger partial charge in [0.05, 0.1) is 5.69 Å². The van der Waals surface area contributed by atoms with Gasteiger partial charge in [-0.25, -0.2) is 5.14 Å². The van der Waals surface area contributed by atoms with Crippen LogP contribution in [0.25, 0.3) is 0 Å². The first-order valence-electron chi connectivity index (χ1n) is 4.66. The number of hydrogen-bond donors (Lipinski definition) is 3. The summed E-state index contributed by atoms with van der Waals surface area (Å²) in [5.74, 6) is 0. The molecule has 0 amide bonds. The van der Waals surface area contributed by atoms with Gasteiger partial charge in [0.15, 0.2) is 0 Å². The van der Waals surface area contributed by atoms with Gasteiger partial charge in [-0.2, -0.15) is 8.42 Å². The van der Waals surface area contributed by atoms with Crippen molar-refractivity contribution in [1.82, 2.24) is 0 Å². The highest BCUT2D eigenvalue weighted by atomic mass is 32.2. The maximum atomic E-state index is 10.8. The van der Waals surface area contributed by atoms with Crippen LogP contribution >= 0.6 is 0 Å². The van der Waals surface area contributed by atoms with Crippen molar-refractivity contribution in [3.63, 3.8) is 0 Å². The van der Waals surface area contributed by atoms with Crippen molar-refractivity contribution in [1.29, 1.82) is 0 Å². The fraction of sp³-hybridized carbons (Fsp3) is 0.333. The molecule has 0 heterocycles. The van der Waals surface area contributed by atoms with Crippen LogP contribution in [0.3, 0.4) is 0 Å². The van der Waals surface area contributed by atoms with Gasteiger partial charge in [-0.05, 0) is 24.6 Å². The Morgan fingerprint density at radius 2 is 2.00 bits per heavy atom. The Bertz CT molecular complexity index is 417. The molecule has 0 aliphatic rings. The Labute approximate surface area is 89.9 Å². The molecule has 0 radical (unpaired) electrons. The first-order chi connectivity index (χ1) is 7.01. The molecular formula is C9H15N3O2S. The van der Waals surface area contributed by atoms with Crippen LogP contribution < -0.4 is 15.2 Å². The van der Waals surface area contributed by atoms with Gasteiger partial charge in [-0.1, -0.05) is 13.0 Å². The van der Waals surface area contributed by atoms with Gasteiger partial charge in [0.1, 0.15) is 0 Å². The second-order valence-electron chi connectivity index (χ2n) is 3.15. The average molecular weight is 229 g/mol. The number of hydrogen-bond acceptors (Lipinski definition) is 3. The van der Waals surface area contributed by atoms with Gasteiger partial charge in [0.2, 0.25) is 0 Å². The summed E-state index contributed by atoms with van der Waals surface area (Å²) in [5.41, 5.74) is 1.32. The Balaban J connectivity index is 2.74. The van der Waals surface area contributed by atoms with Crippen molar-refractivity contribution in [2.45, 2.75) is 13.3 Å². The van der Waals surface area contributed by atoms with E-state index in [9.17, 15) is 8.42 Å². The Kier molecular flexibility index (Phi) is 3.93. The molecule has 5 nitrogen and oxygen atoms in total. The molecule has 0 bridgehead atoms. The Morgan fingerprint density at radius 3 is 2.60 bits per heavy atom. The van der Waals surface area contributed by atoms with Crippen LogP contribution in [0.4, 0.5) is 11.4 Å². The van der Waals surface area contributed by atoms with Gasteiger partial charge in [-0.3, -0.25) is 4.72 Å². The quantitative estimate of drug-likeness (QED) is 0.707. The second-order valence-corrected chi connectivity index (χ2v) is 4.45. The fourth-order valence-electron chi connectivity index (χ4n) is 1.13. The zero-order valence-electron chi connectivity index (χ0n) is 8.53. The molecule has 0 aliphatic carbocycles. The second kappa shape index (κ2) is 4.99. The summed E-state index contributed by atoms with van der Waals surface area (Å²) in [6.07, 6.45) is 1.01. The van der Waals surface area contributed by atoms with Crippen LogP contribution in [0.2, 0.25) is 0 Å². The lowest BCUT2D eigenvalue weighted by atomic mass is 10.3. The van der Waals surface area contributed by atoms with E-state index < -0.39 is 10.2 Å². The predicted octanol–water partition coefficient (Wildman–Crippen LogP) is 1.12. The first-order valence-corrected chi connectivity index (χ1v) is 6.20. The monoisotopic (exact) mass is 229 g/mol. The summed E-state index contributed by atoms with van der Waals surface area (Å²) in [6.45, 7) is 2.90. The normalized spacial score (nSPS) is 11.1. The molecule has 84 valence electrons. The lowest BCUT2D eigenvalue weighted by Gasteiger charge is -2.07. The van der Waals surface area contributed by atoms with E-state index in [1.807, 2.05) is 6.07 Å². The molecule has 15 heavy (non-hydrogen) atoms. The van der Waals surface area contributed by atoms with E-state index >= 15 is 0 Å². The summed E-state index contributed by atoms with van der Waals surface area (Å²) >= 11 is 0. The molecule has 0 spiro atoms. The molecule has 0 saturated heterocycles. The molecule has 1 aromatic rings. The minimum Gasteiger partial charge on any atom is -0.385 e. The minimum atomic E-state index is -3.69. The highest BCUT2D eigenvalue weighted by molar-refractivity contribution is 7.90. The van der Waals surface area contributed by atoms with Crippen molar-refractivity contribution < 1.29 is 8.42 Å². The largest absolute Gasteiger partial charge is 0.385 e. The first kappa shape index (κ1) is 11.8. The third kappa shape index (κ3) is 4.66. The molecule has 4 N–H and O–H groups in total. The molecule has 1 rings (SSSR count). The molecule has 0 atom stereocenters. The number of nitrogens with one attached hydrogen (secondary N) is 2. The van der Waals surface area contributed by atoms with E-state index in [0.29, 0.717) is 5.69 Å². The lowest BCUT2D eigenvalue weighted by molar-refractivity contribution is 0.603. The van der Waals surface area contributed by atoms with Gasteiger partial charge >= 0.3 is 0 Å². The molecule has 0 saturated carbocycles. The molecular weight excluding hydrogens is 214 g/mol. The van der Waals surface area contributed by atoms with Gasteiger partial charge in [0.25, 0.3) is 10.2 Å². The summed E-state index contributed by atoms with van der Waals surface area (Å²) in [7, 11) is -3.69. The molecule has 1 aromatic carbocycles. The number of nitrogens with two attached hydrogens (primary N) is 1.